The Hall–Kier alpha value is -4.84. The second kappa shape index (κ2) is 16.9. The maximum Gasteiger partial charge on any atom is 0.360 e. The van der Waals surface area contributed by atoms with E-state index in [4.69, 9.17) is 18.5 Å². The molecule has 0 aliphatic carbocycles. The van der Waals surface area contributed by atoms with E-state index in [1.54, 1.807) is 12.1 Å². The van der Waals surface area contributed by atoms with Gasteiger partial charge in [0, 0.05) is 67.0 Å². The van der Waals surface area contributed by atoms with Gasteiger partial charge in [0.05, 0.1) is 53.6 Å². The number of esters is 1. The SMILES string of the molecule is CC1=C(C(=O)OCC(Cc2ccccc2)(c2ccccc2)c2ccc[nH]2)C(c2cccc([N+](=O)[O-])c2)C(P2(=O)OCC(C)(C)CO2)=C(C)N1CCN1CCOCC1. The number of morpholine rings is 1. The number of allylic oxidation sites excluding steroid dienone is 3. The summed E-state index contributed by atoms with van der Waals surface area (Å²) in [5.74, 6) is -1.66. The summed E-state index contributed by atoms with van der Waals surface area (Å²) in [6.45, 7) is 11.8. The van der Waals surface area contributed by atoms with Gasteiger partial charge in [-0.25, -0.2) is 4.79 Å². The van der Waals surface area contributed by atoms with Crippen LogP contribution in [0.3, 0.4) is 0 Å². The molecule has 13 heteroatoms. The zero-order valence-corrected chi connectivity index (χ0v) is 33.9. The molecular formula is C44H51N4O8P. The Balaban J connectivity index is 1.36. The van der Waals surface area contributed by atoms with Gasteiger partial charge in [0.1, 0.15) is 6.61 Å². The standard InChI is InChI=1S/C44H51N4O8P/c1-32-39(42(49)54-31-44(38-19-12-20-45-38,36-16-9-6-10-17-36)28-34-13-7-5-8-14-34)40(35-15-11-18-37(27-35)48(50)51)41(57(52)55-29-43(3,4)30-56-57)33(2)47(32)22-21-46-23-25-53-26-24-46/h5-20,27,40,45H,21-26,28-31H2,1-4H3. The number of rotatable bonds is 13. The molecule has 2 unspecified atom stereocenters. The third-order valence-corrected chi connectivity index (χ3v) is 13.4. The van der Waals surface area contributed by atoms with Gasteiger partial charge >= 0.3 is 13.6 Å². The van der Waals surface area contributed by atoms with E-state index in [1.807, 2.05) is 99.5 Å². The van der Waals surface area contributed by atoms with Crippen LogP contribution in [0.15, 0.2) is 126 Å². The fourth-order valence-electron chi connectivity index (χ4n) is 8.15. The van der Waals surface area contributed by atoms with Crippen molar-refractivity contribution in [3.63, 3.8) is 0 Å². The maximum atomic E-state index is 15.2. The molecule has 3 aromatic carbocycles. The molecule has 0 spiro atoms. The van der Waals surface area contributed by atoms with Crippen LogP contribution in [0.25, 0.3) is 0 Å². The predicted octanol–water partition coefficient (Wildman–Crippen LogP) is 8.20. The first-order valence-electron chi connectivity index (χ1n) is 19.4. The second-order valence-corrected chi connectivity index (χ2v) is 17.8. The molecule has 300 valence electrons. The van der Waals surface area contributed by atoms with Crippen molar-refractivity contribution in [2.24, 2.45) is 5.41 Å². The quantitative estimate of drug-likeness (QED) is 0.0611. The highest BCUT2D eigenvalue weighted by Crippen LogP contribution is 2.67. The van der Waals surface area contributed by atoms with Crippen molar-refractivity contribution >= 4 is 19.3 Å². The second-order valence-electron chi connectivity index (χ2n) is 15.8. The topological polar surface area (TPSA) is 136 Å². The van der Waals surface area contributed by atoms with Crippen LogP contribution in [0.1, 0.15) is 56.0 Å². The average Bonchev–Trinajstić information content (AvgIpc) is 3.77. The zero-order valence-electron chi connectivity index (χ0n) is 33.0. The van der Waals surface area contributed by atoms with Crippen molar-refractivity contribution in [1.29, 1.82) is 0 Å². The van der Waals surface area contributed by atoms with Gasteiger partial charge in [-0.3, -0.25) is 19.6 Å². The molecule has 0 saturated carbocycles. The molecule has 3 aliphatic heterocycles. The van der Waals surface area contributed by atoms with Crippen LogP contribution in [0, 0.1) is 15.5 Å². The lowest BCUT2D eigenvalue weighted by Crippen LogP contribution is -2.43. The number of aromatic nitrogens is 1. The van der Waals surface area contributed by atoms with Gasteiger partial charge in [-0.05, 0) is 49.1 Å². The van der Waals surface area contributed by atoms with Gasteiger partial charge in [0.15, 0.2) is 0 Å². The molecule has 0 bridgehead atoms. The molecule has 3 aliphatic rings. The molecule has 4 aromatic rings. The lowest BCUT2D eigenvalue weighted by molar-refractivity contribution is -0.384. The molecule has 12 nitrogen and oxygen atoms in total. The number of carbonyl (C=O) groups excluding carboxylic acids is 1. The maximum absolute atomic E-state index is 15.2. The number of benzene rings is 3. The minimum Gasteiger partial charge on any atom is -0.461 e. The van der Waals surface area contributed by atoms with E-state index in [2.05, 4.69) is 22.0 Å². The highest BCUT2D eigenvalue weighted by Gasteiger charge is 2.50. The van der Waals surface area contributed by atoms with Gasteiger partial charge in [-0.15, -0.1) is 0 Å². The number of ether oxygens (including phenoxy) is 2. The van der Waals surface area contributed by atoms with Gasteiger partial charge in [0.25, 0.3) is 5.69 Å². The van der Waals surface area contributed by atoms with E-state index in [0.717, 1.165) is 29.9 Å². The highest BCUT2D eigenvalue weighted by atomic mass is 31.2. The Morgan fingerprint density at radius 1 is 0.930 bits per heavy atom. The summed E-state index contributed by atoms with van der Waals surface area (Å²) in [6.07, 6.45) is 2.38. The number of H-pyrrole nitrogens is 1. The van der Waals surface area contributed by atoms with Crippen LogP contribution in [0.4, 0.5) is 5.69 Å². The van der Waals surface area contributed by atoms with Crippen LogP contribution < -0.4 is 0 Å². The zero-order chi connectivity index (χ0) is 40.2. The van der Waals surface area contributed by atoms with Crippen molar-refractivity contribution in [3.8, 4) is 0 Å². The van der Waals surface area contributed by atoms with E-state index in [0.29, 0.717) is 49.7 Å². The number of nitro groups is 1. The number of nitrogens with one attached hydrogen (secondary N) is 1. The van der Waals surface area contributed by atoms with E-state index in [1.165, 1.54) is 12.1 Å². The smallest absolute Gasteiger partial charge is 0.360 e. The fourth-order valence-corrected chi connectivity index (χ4v) is 10.7. The van der Waals surface area contributed by atoms with Crippen molar-refractivity contribution in [3.05, 3.63) is 158 Å². The normalized spacial score (nSPS) is 20.9. The van der Waals surface area contributed by atoms with E-state index >= 15 is 9.36 Å². The first kappa shape index (κ1) is 40.4. The average molecular weight is 795 g/mol. The number of nitrogens with zero attached hydrogens (tertiary/aromatic N) is 3. The van der Waals surface area contributed by atoms with E-state index in [9.17, 15) is 10.1 Å². The van der Waals surface area contributed by atoms with Crippen LogP contribution >= 0.6 is 7.60 Å². The summed E-state index contributed by atoms with van der Waals surface area (Å²) in [6, 6.07) is 30.1. The summed E-state index contributed by atoms with van der Waals surface area (Å²) in [5.41, 5.74) is 3.33. The van der Waals surface area contributed by atoms with Gasteiger partial charge in [-0.2, -0.15) is 0 Å². The lowest BCUT2D eigenvalue weighted by Gasteiger charge is -2.43. The van der Waals surface area contributed by atoms with Crippen LogP contribution in [0.2, 0.25) is 0 Å². The van der Waals surface area contributed by atoms with Crippen LogP contribution in [-0.2, 0) is 39.7 Å². The first-order chi connectivity index (χ1) is 27.4. The minimum absolute atomic E-state index is 0.0473. The van der Waals surface area contributed by atoms with Crippen molar-refractivity contribution in [2.45, 2.75) is 45.4 Å². The summed E-state index contributed by atoms with van der Waals surface area (Å²) in [4.78, 5) is 34.6. The predicted molar refractivity (Wildman–Crippen MR) is 218 cm³/mol. The number of non-ortho nitro benzene ring substituents is 1. The monoisotopic (exact) mass is 794 g/mol. The van der Waals surface area contributed by atoms with Crippen molar-refractivity contribution in [2.75, 3.05) is 59.2 Å². The largest absolute Gasteiger partial charge is 0.461 e. The number of nitro benzene ring substituents is 1. The molecule has 1 N–H and O–H groups in total. The Kier molecular flexibility index (Phi) is 12.0. The van der Waals surface area contributed by atoms with Gasteiger partial charge in [0.2, 0.25) is 0 Å². The van der Waals surface area contributed by atoms with Crippen LogP contribution in [0.5, 0.6) is 0 Å². The molecule has 57 heavy (non-hydrogen) atoms. The number of carbonyl (C=O) groups is 1. The summed E-state index contributed by atoms with van der Waals surface area (Å²) in [7, 11) is -4.08. The Bertz CT molecular complexity index is 2150. The summed E-state index contributed by atoms with van der Waals surface area (Å²) >= 11 is 0. The summed E-state index contributed by atoms with van der Waals surface area (Å²) in [5, 5.41) is 12.4. The molecule has 1 aromatic heterocycles. The molecule has 2 saturated heterocycles. The Morgan fingerprint density at radius 3 is 2.26 bits per heavy atom. The van der Waals surface area contributed by atoms with Crippen molar-refractivity contribution in [1.82, 2.24) is 14.8 Å². The number of hydrogen-bond donors (Lipinski definition) is 1. The molecule has 0 radical (unpaired) electrons. The third kappa shape index (κ3) is 8.56. The molecule has 4 heterocycles. The summed E-state index contributed by atoms with van der Waals surface area (Å²) < 4.78 is 39.8. The Labute approximate surface area is 334 Å². The third-order valence-electron chi connectivity index (χ3n) is 11.3. The number of hydrogen-bond acceptors (Lipinski definition) is 10. The van der Waals surface area contributed by atoms with Gasteiger partial charge in [-0.1, -0.05) is 86.6 Å². The van der Waals surface area contributed by atoms with Crippen LogP contribution in [-0.4, -0.2) is 84.9 Å². The molecule has 2 atom stereocenters. The molecule has 0 amide bonds. The molecule has 2 fully saturated rings. The Morgan fingerprint density at radius 2 is 1.61 bits per heavy atom. The first-order valence-corrected chi connectivity index (χ1v) is 21.0. The molecule has 7 rings (SSSR count). The van der Waals surface area contributed by atoms with Gasteiger partial charge < -0.3 is 28.4 Å². The lowest BCUT2D eigenvalue weighted by atomic mass is 9.73. The fraction of sp³-hybridized carbons (Fsp3) is 0.386. The number of aromatic amines is 1. The highest BCUT2D eigenvalue weighted by molar-refractivity contribution is 7.58. The minimum atomic E-state index is -4.08. The molecular weight excluding hydrogens is 743 g/mol. The van der Waals surface area contributed by atoms with E-state index in [-0.39, 0.29) is 36.4 Å². The van der Waals surface area contributed by atoms with E-state index < -0.39 is 35.2 Å². The van der Waals surface area contributed by atoms with Crippen molar-refractivity contribution < 1.29 is 32.8 Å².